The predicted molar refractivity (Wildman–Crippen MR) is 109 cm³/mol. The highest BCUT2D eigenvalue weighted by molar-refractivity contribution is 8.00. The van der Waals surface area contributed by atoms with Crippen molar-refractivity contribution in [3.63, 3.8) is 0 Å². The fourth-order valence-corrected chi connectivity index (χ4v) is 5.53. The number of ether oxygens (including phenoxy) is 1. The summed E-state index contributed by atoms with van der Waals surface area (Å²) in [5.41, 5.74) is 0. The van der Waals surface area contributed by atoms with Gasteiger partial charge in [-0.05, 0) is 18.8 Å². The molecule has 6 nitrogen and oxygen atoms in total. The zero-order valence-electron chi connectivity index (χ0n) is 17.7. The fraction of sp³-hybridized carbons (Fsp3) is 0.571. The molecule has 0 aromatic heterocycles. The van der Waals surface area contributed by atoms with Crippen LogP contribution in [0, 0.1) is 35.0 Å². The van der Waals surface area contributed by atoms with Crippen LogP contribution in [0.2, 0.25) is 0 Å². The zero-order chi connectivity index (χ0) is 24.3. The van der Waals surface area contributed by atoms with E-state index in [1.54, 1.807) is 18.7 Å². The Kier molecular flexibility index (Phi) is 8.19. The first-order chi connectivity index (χ1) is 15.6. The Hall–Kier alpha value is -2.37. The maximum absolute atomic E-state index is 13.6. The van der Waals surface area contributed by atoms with Gasteiger partial charge in [-0.15, -0.1) is 0 Å². The number of benzene rings is 1. The van der Waals surface area contributed by atoms with E-state index in [-0.39, 0.29) is 36.7 Å². The van der Waals surface area contributed by atoms with Crippen LogP contribution in [0.15, 0.2) is 0 Å². The van der Waals surface area contributed by atoms with E-state index in [0.29, 0.717) is 11.7 Å². The Morgan fingerprint density at radius 2 is 1.64 bits per heavy atom. The number of amides is 2. The number of carbonyl (C=O) groups is 3. The van der Waals surface area contributed by atoms with Crippen LogP contribution in [0.3, 0.4) is 0 Å². The molecule has 2 N–H and O–H groups in total. The first-order valence-corrected chi connectivity index (χ1v) is 11.6. The maximum Gasteiger partial charge on any atom is 0.315 e. The number of ketones is 1. The molecule has 2 amide bonds. The summed E-state index contributed by atoms with van der Waals surface area (Å²) in [5, 5.41) is 6.06. The number of fused-ring (bicyclic) bond motifs is 1. The molecular formula is C21H23F5N2O4S. The monoisotopic (exact) mass is 494 g/mol. The Morgan fingerprint density at radius 3 is 2.30 bits per heavy atom. The van der Waals surface area contributed by atoms with Crippen LogP contribution in [0.4, 0.5) is 26.7 Å². The van der Waals surface area contributed by atoms with Crippen molar-refractivity contribution < 1.29 is 41.1 Å². The molecule has 0 radical (unpaired) electrons. The van der Waals surface area contributed by atoms with Crippen LogP contribution < -0.4 is 15.4 Å². The molecule has 1 aromatic carbocycles. The number of unbranched alkanes of at least 4 members (excludes halogenated alkanes) is 1. The van der Waals surface area contributed by atoms with Gasteiger partial charge in [-0.2, -0.15) is 20.5 Å². The first-order valence-electron chi connectivity index (χ1n) is 10.5. The minimum atomic E-state index is -2.35. The van der Waals surface area contributed by atoms with E-state index in [0.717, 1.165) is 18.6 Å². The van der Waals surface area contributed by atoms with Crippen molar-refractivity contribution in [2.45, 2.75) is 62.8 Å². The van der Waals surface area contributed by atoms with Gasteiger partial charge in [0, 0.05) is 30.3 Å². The summed E-state index contributed by atoms with van der Waals surface area (Å²) >= 11 is 1.78. The SMILES string of the molecule is CC(CC(=O)CCCCC1SCC2NC(=O)NC21)CC(=O)Oc1c(F)c(F)c(F)c(F)c1F. The van der Waals surface area contributed by atoms with Crippen LogP contribution in [0.1, 0.15) is 45.4 Å². The van der Waals surface area contributed by atoms with Crippen molar-refractivity contribution in [2.24, 2.45) is 5.92 Å². The Bertz CT molecular complexity index is 919. The van der Waals surface area contributed by atoms with Crippen molar-refractivity contribution in [3.8, 4) is 5.75 Å². The third-order valence-corrected chi connectivity index (χ3v) is 7.12. The van der Waals surface area contributed by atoms with Crippen LogP contribution in [-0.4, -0.2) is 40.9 Å². The highest BCUT2D eigenvalue weighted by Gasteiger charge is 2.42. The summed E-state index contributed by atoms with van der Waals surface area (Å²) < 4.78 is 71.0. The smallest absolute Gasteiger partial charge is 0.315 e. The van der Waals surface area contributed by atoms with Crippen molar-refractivity contribution >= 4 is 29.5 Å². The number of nitrogens with one attached hydrogen (secondary N) is 2. The molecule has 2 fully saturated rings. The summed E-state index contributed by atoms with van der Waals surface area (Å²) in [5.74, 6) is -13.9. The molecule has 2 aliphatic heterocycles. The van der Waals surface area contributed by atoms with Gasteiger partial charge in [0.1, 0.15) is 5.78 Å². The molecule has 0 aliphatic carbocycles. The van der Waals surface area contributed by atoms with E-state index < -0.39 is 53.1 Å². The lowest BCUT2D eigenvalue weighted by molar-refractivity contribution is -0.136. The Morgan fingerprint density at radius 1 is 1.00 bits per heavy atom. The van der Waals surface area contributed by atoms with Gasteiger partial charge in [-0.1, -0.05) is 13.3 Å². The van der Waals surface area contributed by atoms with Crippen LogP contribution >= 0.6 is 11.8 Å². The molecule has 0 spiro atoms. The normalized spacial score (nSPS) is 22.5. The molecule has 3 rings (SSSR count). The fourth-order valence-electron chi connectivity index (χ4n) is 3.99. The molecule has 0 bridgehead atoms. The van der Waals surface area contributed by atoms with Gasteiger partial charge in [0.2, 0.25) is 34.8 Å². The average molecular weight is 494 g/mol. The highest BCUT2D eigenvalue weighted by atomic mass is 32.2. The van der Waals surface area contributed by atoms with Crippen molar-refractivity contribution in [2.75, 3.05) is 5.75 Å². The van der Waals surface area contributed by atoms with E-state index in [1.165, 1.54) is 0 Å². The molecule has 4 atom stereocenters. The molecule has 2 aliphatic rings. The number of esters is 1. The lowest BCUT2D eigenvalue weighted by Gasteiger charge is -2.16. The summed E-state index contributed by atoms with van der Waals surface area (Å²) in [6.07, 6.45) is 2.14. The minimum Gasteiger partial charge on any atom is -0.420 e. The second-order valence-electron chi connectivity index (χ2n) is 8.29. The Labute approximate surface area is 191 Å². The molecule has 33 heavy (non-hydrogen) atoms. The minimum absolute atomic E-state index is 0.00899. The highest BCUT2D eigenvalue weighted by Crippen LogP contribution is 2.33. The third kappa shape index (κ3) is 5.96. The van der Waals surface area contributed by atoms with Gasteiger partial charge in [-0.25, -0.2) is 18.0 Å². The average Bonchev–Trinajstić information content (AvgIpc) is 3.30. The quantitative estimate of drug-likeness (QED) is 0.0977. The van der Waals surface area contributed by atoms with Crippen LogP contribution in [0.5, 0.6) is 5.75 Å². The lowest BCUT2D eigenvalue weighted by atomic mass is 9.97. The standard InChI is InChI=1S/C21H23F5N2O4S/c1-9(7-13(30)32-20-17(25)15(23)14(22)16(24)18(20)26)6-10(29)4-2-3-5-12-19-11(8-33-12)27-21(31)28-19/h9,11-12,19H,2-8H2,1H3,(H2,27,28,31). The number of rotatable bonds is 10. The van der Waals surface area contributed by atoms with E-state index in [2.05, 4.69) is 15.4 Å². The first kappa shape index (κ1) is 25.3. The molecule has 4 unspecified atom stereocenters. The Balaban J connectivity index is 1.38. The summed E-state index contributed by atoms with van der Waals surface area (Å²) in [7, 11) is 0. The van der Waals surface area contributed by atoms with Gasteiger partial charge in [-0.3, -0.25) is 9.59 Å². The molecule has 2 saturated heterocycles. The third-order valence-electron chi connectivity index (χ3n) is 5.61. The van der Waals surface area contributed by atoms with E-state index in [1.807, 2.05) is 0 Å². The van der Waals surface area contributed by atoms with Gasteiger partial charge in [0.15, 0.2) is 0 Å². The number of halogens is 5. The summed E-state index contributed by atoms with van der Waals surface area (Å²) in [6.45, 7) is 1.54. The van der Waals surface area contributed by atoms with Crippen molar-refractivity contribution in [1.29, 1.82) is 0 Å². The molecule has 182 valence electrons. The number of hydrogen-bond acceptors (Lipinski definition) is 5. The predicted octanol–water partition coefficient (Wildman–Crippen LogP) is 4.00. The number of urea groups is 1. The van der Waals surface area contributed by atoms with Crippen LogP contribution in [-0.2, 0) is 9.59 Å². The van der Waals surface area contributed by atoms with E-state index in [4.69, 9.17) is 0 Å². The number of carbonyl (C=O) groups excluding carboxylic acids is 3. The second kappa shape index (κ2) is 10.7. The lowest BCUT2D eigenvalue weighted by Crippen LogP contribution is -2.36. The molecule has 2 heterocycles. The summed E-state index contributed by atoms with van der Waals surface area (Å²) in [6, 6.07) is 0.0831. The van der Waals surface area contributed by atoms with Crippen molar-refractivity contribution in [1.82, 2.24) is 10.6 Å². The molecule has 0 saturated carbocycles. The van der Waals surface area contributed by atoms with E-state index >= 15 is 0 Å². The van der Waals surface area contributed by atoms with Gasteiger partial charge in [0.05, 0.1) is 12.1 Å². The zero-order valence-corrected chi connectivity index (χ0v) is 18.5. The van der Waals surface area contributed by atoms with Gasteiger partial charge in [0.25, 0.3) is 0 Å². The van der Waals surface area contributed by atoms with Gasteiger partial charge >= 0.3 is 12.0 Å². The maximum atomic E-state index is 13.6. The van der Waals surface area contributed by atoms with E-state index in [9.17, 15) is 36.3 Å². The van der Waals surface area contributed by atoms with Crippen molar-refractivity contribution in [3.05, 3.63) is 29.1 Å². The number of thioether (sulfide) groups is 1. The van der Waals surface area contributed by atoms with Gasteiger partial charge < -0.3 is 15.4 Å². The summed E-state index contributed by atoms with van der Waals surface area (Å²) in [4.78, 5) is 35.4. The molecule has 1 aromatic rings. The number of hydrogen-bond donors (Lipinski definition) is 2. The van der Waals surface area contributed by atoms with Crippen LogP contribution in [0.25, 0.3) is 0 Å². The second-order valence-corrected chi connectivity index (χ2v) is 9.57. The molecule has 12 heteroatoms. The topological polar surface area (TPSA) is 84.5 Å². The molecular weight excluding hydrogens is 471 g/mol. The number of Topliss-reactive ketones (excluding diaryl/α,β-unsaturated/α-hetero) is 1. The largest absolute Gasteiger partial charge is 0.420 e.